The molecule has 1 amide bonds. The van der Waals surface area contributed by atoms with Gasteiger partial charge in [-0.1, -0.05) is 24.3 Å². The van der Waals surface area contributed by atoms with Gasteiger partial charge >= 0.3 is 0 Å². The molecule has 0 heterocycles. The van der Waals surface area contributed by atoms with Gasteiger partial charge in [-0.25, -0.2) is 8.42 Å². The molecule has 8 nitrogen and oxygen atoms in total. The molecule has 0 radical (unpaired) electrons. The fourth-order valence-electron chi connectivity index (χ4n) is 3.43. The second kappa shape index (κ2) is 11.0. The van der Waals surface area contributed by atoms with Crippen LogP contribution >= 0.6 is 0 Å². The molecule has 9 heteroatoms. The maximum absolute atomic E-state index is 12.8. The number of carbonyl (C=O) groups excluding carboxylic acids is 1. The van der Waals surface area contributed by atoms with Crippen molar-refractivity contribution in [3.8, 4) is 11.5 Å². The van der Waals surface area contributed by atoms with Crippen LogP contribution in [0, 0.1) is 0 Å². The van der Waals surface area contributed by atoms with Crippen LogP contribution in [0.25, 0.3) is 0 Å². The highest BCUT2D eigenvalue weighted by molar-refractivity contribution is 7.92. The Morgan fingerprint density at radius 1 is 0.912 bits per heavy atom. The zero-order valence-electron chi connectivity index (χ0n) is 19.6. The molecule has 0 aliphatic rings. The number of benzene rings is 3. The minimum Gasteiger partial charge on any atom is -0.497 e. The lowest BCUT2D eigenvalue weighted by Gasteiger charge is -2.25. The van der Waals surface area contributed by atoms with E-state index in [9.17, 15) is 13.2 Å². The largest absolute Gasteiger partial charge is 0.497 e. The number of hydrogen-bond donors (Lipinski definition) is 2. The first-order chi connectivity index (χ1) is 16.2. The van der Waals surface area contributed by atoms with Crippen molar-refractivity contribution in [1.29, 1.82) is 0 Å². The summed E-state index contributed by atoms with van der Waals surface area (Å²) < 4.78 is 38.4. The number of anilines is 1. The highest BCUT2D eigenvalue weighted by Gasteiger charge is 2.19. The van der Waals surface area contributed by atoms with Crippen molar-refractivity contribution < 1.29 is 22.7 Å². The zero-order chi connectivity index (χ0) is 24.7. The van der Waals surface area contributed by atoms with Crippen LogP contribution in [-0.2, 0) is 10.0 Å². The van der Waals surface area contributed by atoms with Gasteiger partial charge in [-0.15, -0.1) is 0 Å². The Kier molecular flexibility index (Phi) is 8.14. The topological polar surface area (TPSA) is 97.0 Å². The van der Waals surface area contributed by atoms with Crippen molar-refractivity contribution in [3.63, 3.8) is 0 Å². The monoisotopic (exact) mass is 483 g/mol. The van der Waals surface area contributed by atoms with E-state index in [1.54, 1.807) is 31.4 Å². The van der Waals surface area contributed by atoms with Crippen LogP contribution in [0.2, 0.25) is 0 Å². The van der Waals surface area contributed by atoms with Crippen LogP contribution in [0.3, 0.4) is 0 Å². The Hall–Kier alpha value is -3.56. The molecule has 0 aliphatic heterocycles. The smallest absolute Gasteiger partial charge is 0.262 e. The summed E-state index contributed by atoms with van der Waals surface area (Å²) in [5, 5.41) is 2.93. The first-order valence-corrected chi connectivity index (χ1v) is 12.1. The van der Waals surface area contributed by atoms with E-state index in [-0.39, 0.29) is 16.8 Å². The van der Waals surface area contributed by atoms with Crippen LogP contribution in [0.5, 0.6) is 11.5 Å². The van der Waals surface area contributed by atoms with Gasteiger partial charge in [-0.3, -0.25) is 9.52 Å². The molecule has 0 aliphatic carbocycles. The summed E-state index contributed by atoms with van der Waals surface area (Å²) in [5.74, 6) is 0.886. The number of rotatable bonds is 10. The van der Waals surface area contributed by atoms with Gasteiger partial charge in [0.05, 0.1) is 30.8 Å². The molecule has 3 rings (SSSR count). The van der Waals surface area contributed by atoms with E-state index < -0.39 is 10.0 Å². The quantitative estimate of drug-likeness (QED) is 0.458. The van der Waals surface area contributed by atoms with Crippen LogP contribution in [0.4, 0.5) is 5.69 Å². The van der Waals surface area contributed by atoms with Gasteiger partial charge < -0.3 is 19.7 Å². The fourth-order valence-corrected chi connectivity index (χ4v) is 4.50. The average molecular weight is 484 g/mol. The molecule has 0 spiro atoms. The number of amides is 1. The molecular weight excluding hydrogens is 454 g/mol. The lowest BCUT2D eigenvalue weighted by Crippen LogP contribution is -2.34. The molecule has 180 valence electrons. The number of nitrogens with zero attached hydrogens (tertiary/aromatic N) is 1. The van der Waals surface area contributed by atoms with Gasteiger partial charge in [0.1, 0.15) is 11.5 Å². The Balaban J connectivity index is 1.68. The summed E-state index contributed by atoms with van der Waals surface area (Å²) in [6.07, 6.45) is 0. The maximum Gasteiger partial charge on any atom is 0.262 e. The summed E-state index contributed by atoms with van der Waals surface area (Å²) in [6, 6.07) is 20.2. The van der Waals surface area contributed by atoms with E-state index in [0.29, 0.717) is 23.5 Å². The van der Waals surface area contributed by atoms with E-state index in [1.165, 1.54) is 31.4 Å². The van der Waals surface area contributed by atoms with Crippen LogP contribution in [-0.4, -0.2) is 54.1 Å². The molecule has 3 aromatic rings. The predicted octanol–water partition coefficient (Wildman–Crippen LogP) is 3.54. The summed E-state index contributed by atoms with van der Waals surface area (Å²) in [5.41, 5.74) is 1.73. The highest BCUT2D eigenvalue weighted by Crippen LogP contribution is 2.26. The van der Waals surface area contributed by atoms with Crippen molar-refractivity contribution >= 4 is 21.6 Å². The number of ether oxygens (including phenoxy) is 2. The van der Waals surface area contributed by atoms with Gasteiger partial charge in [0.15, 0.2) is 0 Å². The summed E-state index contributed by atoms with van der Waals surface area (Å²) in [4.78, 5) is 14.8. The van der Waals surface area contributed by atoms with Crippen molar-refractivity contribution in [2.45, 2.75) is 10.9 Å². The molecule has 1 atom stereocenters. The minimum absolute atomic E-state index is 0.0411. The van der Waals surface area contributed by atoms with Crippen molar-refractivity contribution in [1.82, 2.24) is 10.2 Å². The average Bonchev–Trinajstić information content (AvgIpc) is 2.84. The fraction of sp³-hybridized carbons (Fsp3) is 0.240. The Morgan fingerprint density at radius 3 is 2.15 bits per heavy atom. The van der Waals surface area contributed by atoms with E-state index >= 15 is 0 Å². The molecule has 1 unspecified atom stereocenters. The number of methoxy groups -OCH3 is 2. The molecule has 2 N–H and O–H groups in total. The molecule has 3 aromatic carbocycles. The molecule has 34 heavy (non-hydrogen) atoms. The van der Waals surface area contributed by atoms with Crippen LogP contribution in [0.15, 0.2) is 77.7 Å². The van der Waals surface area contributed by atoms with Crippen LogP contribution < -0.4 is 19.5 Å². The van der Waals surface area contributed by atoms with Crippen molar-refractivity contribution in [2.75, 3.05) is 39.6 Å². The zero-order valence-corrected chi connectivity index (χ0v) is 20.4. The summed E-state index contributed by atoms with van der Waals surface area (Å²) in [7, 11) is 3.12. The van der Waals surface area contributed by atoms with Crippen molar-refractivity contribution in [2.24, 2.45) is 0 Å². The third-order valence-electron chi connectivity index (χ3n) is 5.36. The number of carbonyl (C=O) groups is 1. The van der Waals surface area contributed by atoms with Gasteiger partial charge in [0, 0.05) is 12.1 Å². The Bertz CT molecular complexity index is 1210. The summed E-state index contributed by atoms with van der Waals surface area (Å²) in [6.45, 7) is 0.383. The van der Waals surface area contributed by atoms with Crippen LogP contribution in [0.1, 0.15) is 22.0 Å². The number of para-hydroxylation sites is 2. The normalized spacial score (nSPS) is 12.1. The molecule has 0 aromatic heterocycles. The second-order valence-corrected chi connectivity index (χ2v) is 9.48. The first-order valence-electron chi connectivity index (χ1n) is 10.6. The van der Waals surface area contributed by atoms with E-state index in [0.717, 1.165) is 11.3 Å². The highest BCUT2D eigenvalue weighted by atomic mass is 32.2. The SMILES string of the molecule is COc1ccc(C(CNC(=O)c2ccc(S(=O)(=O)Nc3ccccc3OC)cc2)N(C)C)cc1. The Labute approximate surface area is 200 Å². The number of likely N-dealkylation sites (N-methyl/N-ethyl adjacent to an activating group) is 1. The predicted molar refractivity (Wildman–Crippen MR) is 132 cm³/mol. The third-order valence-corrected chi connectivity index (χ3v) is 6.74. The minimum atomic E-state index is -3.85. The van der Waals surface area contributed by atoms with Crippen molar-refractivity contribution in [3.05, 3.63) is 83.9 Å². The molecule has 0 fully saturated rings. The van der Waals surface area contributed by atoms with Gasteiger partial charge in [0.25, 0.3) is 15.9 Å². The molecule has 0 bridgehead atoms. The molecular formula is C25H29N3O5S. The first kappa shape index (κ1) is 25.1. The lowest BCUT2D eigenvalue weighted by molar-refractivity contribution is 0.0942. The van der Waals surface area contributed by atoms with E-state index in [1.807, 2.05) is 43.3 Å². The van der Waals surface area contributed by atoms with Gasteiger partial charge in [-0.2, -0.15) is 0 Å². The number of sulfonamides is 1. The molecule has 0 saturated carbocycles. The lowest BCUT2D eigenvalue weighted by atomic mass is 10.1. The van der Waals surface area contributed by atoms with Gasteiger partial charge in [-0.05, 0) is 68.2 Å². The molecule has 0 saturated heterocycles. The third kappa shape index (κ3) is 6.06. The number of nitrogens with one attached hydrogen (secondary N) is 2. The van der Waals surface area contributed by atoms with Gasteiger partial charge in [0.2, 0.25) is 0 Å². The standard InChI is InChI=1S/C25H29N3O5S/c1-28(2)23(18-9-13-20(32-3)14-10-18)17-26-25(29)19-11-15-21(16-12-19)34(30,31)27-22-7-5-6-8-24(22)33-4/h5-16,23,27H,17H2,1-4H3,(H,26,29). The number of hydrogen-bond acceptors (Lipinski definition) is 6. The van der Waals surface area contributed by atoms with E-state index in [2.05, 4.69) is 10.0 Å². The Morgan fingerprint density at radius 2 is 1.56 bits per heavy atom. The summed E-state index contributed by atoms with van der Waals surface area (Å²) >= 11 is 0. The maximum atomic E-state index is 12.8. The second-order valence-electron chi connectivity index (χ2n) is 7.79. The van der Waals surface area contributed by atoms with E-state index in [4.69, 9.17) is 9.47 Å².